The van der Waals surface area contributed by atoms with Crippen molar-refractivity contribution >= 4 is 6.09 Å². The maximum Gasteiger partial charge on any atom is 0.407 e. The second-order valence-corrected chi connectivity index (χ2v) is 5.27. The van der Waals surface area contributed by atoms with Crippen LogP contribution in [0.4, 0.5) is 4.79 Å². The van der Waals surface area contributed by atoms with E-state index in [0.717, 1.165) is 12.8 Å². The van der Waals surface area contributed by atoms with Crippen molar-refractivity contribution in [2.24, 2.45) is 5.92 Å². The van der Waals surface area contributed by atoms with Gasteiger partial charge in [0.05, 0.1) is 0 Å². The molecule has 0 saturated carbocycles. The number of ether oxygens (including phenoxy) is 1. The van der Waals surface area contributed by atoms with E-state index in [1.807, 2.05) is 34.6 Å². The second-order valence-electron chi connectivity index (χ2n) is 5.27. The largest absolute Gasteiger partial charge is 0.444 e. The molecule has 2 atom stereocenters. The van der Waals surface area contributed by atoms with Crippen LogP contribution < -0.4 is 5.32 Å². The molecule has 16 heavy (non-hydrogen) atoms. The first-order chi connectivity index (χ1) is 7.28. The summed E-state index contributed by atoms with van der Waals surface area (Å²) in [4.78, 5) is 11.5. The van der Waals surface area contributed by atoms with E-state index >= 15 is 0 Å². The average Bonchev–Trinajstić information content (AvgIpc) is 2.13. The molecule has 0 aromatic carbocycles. The molecule has 0 bridgehead atoms. The Kier molecular flexibility index (Phi) is 6.41. The number of hydrogen-bond acceptors (Lipinski definition) is 3. The third-order valence-electron chi connectivity index (χ3n) is 2.21. The summed E-state index contributed by atoms with van der Waals surface area (Å²) in [6.07, 6.45) is 1.22. The number of alkyl carbamates (subject to hydrolysis) is 1. The van der Waals surface area contributed by atoms with E-state index in [4.69, 9.17) is 9.84 Å². The van der Waals surface area contributed by atoms with Crippen molar-refractivity contribution in [3.63, 3.8) is 0 Å². The summed E-state index contributed by atoms with van der Waals surface area (Å²) < 4.78 is 5.17. The van der Waals surface area contributed by atoms with Crippen LogP contribution in [0.5, 0.6) is 0 Å². The van der Waals surface area contributed by atoms with Crippen LogP contribution in [0.25, 0.3) is 0 Å². The third-order valence-corrected chi connectivity index (χ3v) is 2.21. The second kappa shape index (κ2) is 6.74. The molecule has 0 aromatic rings. The van der Waals surface area contributed by atoms with E-state index in [9.17, 15) is 4.79 Å². The molecule has 0 saturated heterocycles. The summed E-state index contributed by atoms with van der Waals surface area (Å²) in [6.45, 7) is 9.62. The van der Waals surface area contributed by atoms with Crippen molar-refractivity contribution in [1.29, 1.82) is 0 Å². The van der Waals surface area contributed by atoms with Gasteiger partial charge in [-0.3, -0.25) is 0 Å². The van der Waals surface area contributed by atoms with Gasteiger partial charge in [0.1, 0.15) is 5.60 Å². The van der Waals surface area contributed by atoms with Gasteiger partial charge < -0.3 is 15.2 Å². The zero-order chi connectivity index (χ0) is 12.8. The van der Waals surface area contributed by atoms with Crippen molar-refractivity contribution in [2.45, 2.75) is 59.1 Å². The maximum atomic E-state index is 11.5. The Morgan fingerprint density at radius 2 is 2.00 bits per heavy atom. The Hall–Kier alpha value is -0.770. The van der Waals surface area contributed by atoms with Gasteiger partial charge in [-0.1, -0.05) is 13.8 Å². The van der Waals surface area contributed by atoms with Gasteiger partial charge in [-0.15, -0.1) is 0 Å². The van der Waals surface area contributed by atoms with Crippen LogP contribution in [0.2, 0.25) is 0 Å². The average molecular weight is 231 g/mol. The Labute approximate surface area is 98.4 Å². The molecule has 0 unspecified atom stereocenters. The maximum absolute atomic E-state index is 11.5. The van der Waals surface area contributed by atoms with Crippen molar-refractivity contribution in [3.8, 4) is 0 Å². The molecular weight excluding hydrogens is 206 g/mol. The minimum absolute atomic E-state index is 0.0667. The number of carbonyl (C=O) groups excluding carboxylic acids is 1. The Morgan fingerprint density at radius 1 is 1.44 bits per heavy atom. The van der Waals surface area contributed by atoms with E-state index in [0.29, 0.717) is 0 Å². The summed E-state index contributed by atoms with van der Waals surface area (Å²) in [5, 5.41) is 11.8. The summed E-state index contributed by atoms with van der Waals surface area (Å²) in [7, 11) is 0. The monoisotopic (exact) mass is 231 g/mol. The summed E-state index contributed by atoms with van der Waals surface area (Å²) in [5.41, 5.74) is -0.467. The molecule has 0 aliphatic carbocycles. The third kappa shape index (κ3) is 7.51. The zero-order valence-corrected chi connectivity index (χ0v) is 11.0. The highest BCUT2D eigenvalue weighted by Gasteiger charge is 2.19. The molecule has 2 N–H and O–H groups in total. The van der Waals surface area contributed by atoms with Crippen molar-refractivity contribution in [1.82, 2.24) is 5.32 Å². The fourth-order valence-electron chi connectivity index (χ4n) is 1.36. The number of amides is 1. The lowest BCUT2D eigenvalue weighted by Gasteiger charge is -2.24. The molecule has 0 heterocycles. The minimum Gasteiger partial charge on any atom is -0.444 e. The van der Waals surface area contributed by atoms with Crippen LogP contribution in [-0.4, -0.2) is 29.4 Å². The molecule has 0 aliphatic heterocycles. The molecule has 0 aliphatic rings. The standard InChI is InChI=1S/C12H25NO3/c1-6-10(7-9(2)8-14)13-11(15)16-12(3,4)5/h9-10,14H,6-8H2,1-5H3,(H,13,15)/t9-,10+/m0/s1. The fraction of sp³-hybridized carbons (Fsp3) is 0.917. The highest BCUT2D eigenvalue weighted by molar-refractivity contribution is 5.68. The van der Waals surface area contributed by atoms with Gasteiger partial charge in [-0.25, -0.2) is 4.79 Å². The lowest BCUT2D eigenvalue weighted by Crippen LogP contribution is -2.39. The van der Waals surface area contributed by atoms with E-state index in [2.05, 4.69) is 5.32 Å². The molecule has 0 aromatic heterocycles. The molecule has 0 fully saturated rings. The minimum atomic E-state index is -0.467. The van der Waals surface area contributed by atoms with Crippen LogP contribution in [0.3, 0.4) is 0 Å². The predicted octanol–water partition coefficient (Wildman–Crippen LogP) is 2.31. The van der Waals surface area contributed by atoms with Gasteiger partial charge in [0, 0.05) is 12.6 Å². The number of aliphatic hydroxyl groups is 1. The Bertz CT molecular complexity index is 211. The molecule has 0 spiro atoms. The van der Waals surface area contributed by atoms with Crippen molar-refractivity contribution in [2.75, 3.05) is 6.61 Å². The van der Waals surface area contributed by atoms with Crippen LogP contribution in [-0.2, 0) is 4.74 Å². The van der Waals surface area contributed by atoms with Gasteiger partial charge in [-0.2, -0.15) is 0 Å². The number of aliphatic hydroxyl groups excluding tert-OH is 1. The van der Waals surface area contributed by atoms with Gasteiger partial charge >= 0.3 is 6.09 Å². The van der Waals surface area contributed by atoms with Gasteiger partial charge in [-0.05, 0) is 39.5 Å². The first-order valence-electron chi connectivity index (χ1n) is 5.88. The molecular formula is C12H25NO3. The van der Waals surface area contributed by atoms with Crippen LogP contribution in [0.15, 0.2) is 0 Å². The van der Waals surface area contributed by atoms with Gasteiger partial charge in [0.15, 0.2) is 0 Å². The first-order valence-corrected chi connectivity index (χ1v) is 5.88. The smallest absolute Gasteiger partial charge is 0.407 e. The Morgan fingerprint density at radius 3 is 2.38 bits per heavy atom. The molecule has 4 nitrogen and oxygen atoms in total. The number of nitrogens with one attached hydrogen (secondary N) is 1. The van der Waals surface area contributed by atoms with Crippen molar-refractivity contribution < 1.29 is 14.6 Å². The van der Waals surface area contributed by atoms with Crippen LogP contribution >= 0.6 is 0 Å². The summed E-state index contributed by atoms with van der Waals surface area (Å²) in [6, 6.07) is 0.0667. The number of hydrogen-bond donors (Lipinski definition) is 2. The fourth-order valence-corrected chi connectivity index (χ4v) is 1.36. The topological polar surface area (TPSA) is 58.6 Å². The van der Waals surface area contributed by atoms with Gasteiger partial charge in [0.2, 0.25) is 0 Å². The number of rotatable bonds is 5. The SMILES string of the molecule is CC[C@H](C[C@H](C)CO)NC(=O)OC(C)(C)C. The zero-order valence-electron chi connectivity index (χ0n) is 11.0. The predicted molar refractivity (Wildman–Crippen MR) is 64.3 cm³/mol. The van der Waals surface area contributed by atoms with E-state index < -0.39 is 5.60 Å². The molecule has 4 heteroatoms. The lowest BCUT2D eigenvalue weighted by molar-refractivity contribution is 0.0492. The molecule has 96 valence electrons. The summed E-state index contributed by atoms with van der Waals surface area (Å²) >= 11 is 0. The Balaban J connectivity index is 4.07. The quantitative estimate of drug-likeness (QED) is 0.763. The highest BCUT2D eigenvalue weighted by atomic mass is 16.6. The van der Waals surface area contributed by atoms with Crippen LogP contribution in [0, 0.1) is 5.92 Å². The van der Waals surface area contributed by atoms with Crippen LogP contribution in [0.1, 0.15) is 47.5 Å². The first kappa shape index (κ1) is 15.2. The van der Waals surface area contributed by atoms with Crippen molar-refractivity contribution in [3.05, 3.63) is 0 Å². The van der Waals surface area contributed by atoms with E-state index in [1.165, 1.54) is 0 Å². The summed E-state index contributed by atoms with van der Waals surface area (Å²) in [5.74, 6) is 0.194. The molecule has 1 amide bonds. The molecule has 0 rings (SSSR count). The lowest BCUT2D eigenvalue weighted by atomic mass is 10.0. The van der Waals surface area contributed by atoms with Gasteiger partial charge in [0.25, 0.3) is 0 Å². The van der Waals surface area contributed by atoms with E-state index in [1.54, 1.807) is 0 Å². The highest BCUT2D eigenvalue weighted by Crippen LogP contribution is 2.10. The van der Waals surface area contributed by atoms with E-state index in [-0.39, 0.29) is 24.7 Å². The normalized spacial score (nSPS) is 15.4. The number of carbonyl (C=O) groups is 1. The molecule has 0 radical (unpaired) electrons.